The van der Waals surface area contributed by atoms with Gasteiger partial charge in [0, 0.05) is 0 Å². The average molecular weight is 227 g/mol. The van der Waals surface area contributed by atoms with E-state index in [4.69, 9.17) is 0 Å². The maximum Gasteiger partial charge on any atom is 0.348 e. The predicted molar refractivity (Wildman–Crippen MR) is 51.9 cm³/mol. The van der Waals surface area contributed by atoms with Crippen molar-refractivity contribution in [1.29, 1.82) is 0 Å². The van der Waals surface area contributed by atoms with Gasteiger partial charge in [0.1, 0.15) is 12.2 Å². The fourth-order valence-corrected chi connectivity index (χ4v) is 1.07. The number of carbonyl (C=O) groups excluding carboxylic acids is 1. The van der Waals surface area contributed by atoms with Crippen molar-refractivity contribution in [3.63, 3.8) is 0 Å². The summed E-state index contributed by atoms with van der Waals surface area (Å²) in [6, 6.07) is -0.954. The molecule has 8 heteroatoms. The average Bonchev–Trinajstić information content (AvgIpc) is 2.27. The smallest absolute Gasteiger partial charge is 0.348 e. The summed E-state index contributed by atoms with van der Waals surface area (Å²) in [5.74, 6) is -0.676. The number of esters is 1. The third-order valence-corrected chi connectivity index (χ3v) is 1.97. The van der Waals surface area contributed by atoms with Crippen LogP contribution in [0.1, 0.15) is 13.0 Å². The predicted octanol–water partition coefficient (Wildman–Crippen LogP) is -0.115. The minimum Gasteiger partial charge on any atom is -0.467 e. The first kappa shape index (κ1) is 11.8. The van der Waals surface area contributed by atoms with Gasteiger partial charge in [0.25, 0.3) is 0 Å². The molecule has 1 rings (SSSR count). The summed E-state index contributed by atoms with van der Waals surface area (Å²) in [6.45, 7) is 1.39. The van der Waals surface area contributed by atoms with Gasteiger partial charge in [-0.25, -0.2) is 9.59 Å². The second-order valence-electron chi connectivity index (χ2n) is 2.96. The third kappa shape index (κ3) is 2.22. The highest BCUT2D eigenvalue weighted by Crippen LogP contribution is 2.10. The zero-order valence-electron chi connectivity index (χ0n) is 8.61. The van der Waals surface area contributed by atoms with Gasteiger partial charge < -0.3 is 4.74 Å². The molecule has 0 aromatic carbocycles. The summed E-state index contributed by atoms with van der Waals surface area (Å²) < 4.78 is 5.28. The standard InChI is InChI=1S/C8H9N3O5/c1-5(7(12)16-2)10-4-6(11(14)15)3-9-8(10)13/h3-5H,1-2H3/t5-/m0/s1. The molecule has 1 aromatic heterocycles. The summed E-state index contributed by atoms with van der Waals surface area (Å²) in [5, 5.41) is 10.5. The molecule has 0 bridgehead atoms. The van der Waals surface area contributed by atoms with Crippen LogP contribution in [0.4, 0.5) is 5.69 Å². The van der Waals surface area contributed by atoms with Crippen LogP contribution in [-0.4, -0.2) is 27.6 Å². The Morgan fingerprint density at radius 1 is 1.69 bits per heavy atom. The minimum absolute atomic E-state index is 0.365. The lowest BCUT2D eigenvalue weighted by atomic mass is 10.3. The highest BCUT2D eigenvalue weighted by atomic mass is 16.6. The van der Waals surface area contributed by atoms with Crippen molar-refractivity contribution in [3.8, 4) is 0 Å². The first-order valence-corrected chi connectivity index (χ1v) is 4.27. The van der Waals surface area contributed by atoms with Gasteiger partial charge >= 0.3 is 17.3 Å². The van der Waals surface area contributed by atoms with Gasteiger partial charge in [-0.2, -0.15) is 4.98 Å². The lowest BCUT2D eigenvalue weighted by Crippen LogP contribution is -2.30. The highest BCUT2D eigenvalue weighted by Gasteiger charge is 2.19. The number of hydrogen-bond donors (Lipinski definition) is 0. The van der Waals surface area contributed by atoms with Gasteiger partial charge in [-0.1, -0.05) is 0 Å². The summed E-state index contributed by atoms with van der Waals surface area (Å²) in [6.07, 6.45) is 1.79. The summed E-state index contributed by atoms with van der Waals surface area (Å²) in [7, 11) is 1.16. The van der Waals surface area contributed by atoms with E-state index in [0.717, 1.165) is 24.1 Å². The number of rotatable bonds is 3. The summed E-state index contributed by atoms with van der Waals surface area (Å²) in [4.78, 5) is 35.5. The number of nitrogens with zero attached hydrogens (tertiary/aromatic N) is 3. The largest absolute Gasteiger partial charge is 0.467 e. The fraction of sp³-hybridized carbons (Fsp3) is 0.375. The van der Waals surface area contributed by atoms with Crippen LogP contribution in [0.3, 0.4) is 0 Å². The normalized spacial score (nSPS) is 11.9. The lowest BCUT2D eigenvalue weighted by molar-refractivity contribution is -0.385. The number of aromatic nitrogens is 2. The molecule has 0 aliphatic carbocycles. The Hall–Kier alpha value is -2.25. The molecule has 0 N–H and O–H groups in total. The SMILES string of the molecule is COC(=O)[C@H](C)n1cc([N+](=O)[O-])cnc1=O. The van der Waals surface area contributed by atoms with E-state index in [1.807, 2.05) is 0 Å². The molecule has 0 fully saturated rings. The number of ether oxygens (including phenoxy) is 1. The third-order valence-electron chi connectivity index (χ3n) is 1.97. The van der Waals surface area contributed by atoms with E-state index in [1.165, 1.54) is 6.92 Å². The molecule has 0 amide bonds. The van der Waals surface area contributed by atoms with Crippen molar-refractivity contribution < 1.29 is 14.5 Å². The molecule has 0 saturated heterocycles. The Balaban J connectivity index is 3.22. The van der Waals surface area contributed by atoms with Gasteiger partial charge in [0.05, 0.1) is 18.2 Å². The van der Waals surface area contributed by atoms with Crippen molar-refractivity contribution in [2.24, 2.45) is 0 Å². The maximum absolute atomic E-state index is 11.3. The highest BCUT2D eigenvalue weighted by molar-refractivity contribution is 5.73. The first-order valence-electron chi connectivity index (χ1n) is 4.27. The van der Waals surface area contributed by atoms with Crippen LogP contribution in [0.5, 0.6) is 0 Å². The molecule has 0 aliphatic rings. The molecule has 0 spiro atoms. The van der Waals surface area contributed by atoms with E-state index >= 15 is 0 Å². The molecular formula is C8H9N3O5. The number of carbonyl (C=O) groups is 1. The maximum atomic E-state index is 11.3. The molecule has 0 saturated carbocycles. The van der Waals surface area contributed by atoms with Crippen LogP contribution < -0.4 is 5.69 Å². The molecule has 1 aromatic rings. The zero-order valence-corrected chi connectivity index (χ0v) is 8.61. The monoisotopic (exact) mass is 227 g/mol. The second-order valence-corrected chi connectivity index (χ2v) is 2.96. The second kappa shape index (κ2) is 4.51. The fourth-order valence-electron chi connectivity index (χ4n) is 1.07. The van der Waals surface area contributed by atoms with Crippen molar-refractivity contribution >= 4 is 11.7 Å². The van der Waals surface area contributed by atoms with Crippen molar-refractivity contribution in [1.82, 2.24) is 9.55 Å². The van der Waals surface area contributed by atoms with E-state index in [2.05, 4.69) is 9.72 Å². The summed E-state index contributed by atoms with van der Waals surface area (Å²) >= 11 is 0. The molecule has 86 valence electrons. The van der Waals surface area contributed by atoms with Gasteiger partial charge in [0.15, 0.2) is 0 Å². The van der Waals surface area contributed by atoms with Crippen molar-refractivity contribution in [3.05, 3.63) is 33.0 Å². The number of methoxy groups -OCH3 is 1. The van der Waals surface area contributed by atoms with Crippen LogP contribution in [0, 0.1) is 10.1 Å². The van der Waals surface area contributed by atoms with E-state index < -0.39 is 22.6 Å². The molecular weight excluding hydrogens is 218 g/mol. The van der Waals surface area contributed by atoms with E-state index in [9.17, 15) is 19.7 Å². The molecule has 0 radical (unpaired) electrons. The molecule has 1 atom stereocenters. The van der Waals surface area contributed by atoms with Gasteiger partial charge in [-0.05, 0) is 6.92 Å². The minimum atomic E-state index is -0.954. The number of hydrogen-bond acceptors (Lipinski definition) is 6. The molecule has 0 unspecified atom stereocenters. The van der Waals surface area contributed by atoms with Crippen molar-refractivity contribution in [2.45, 2.75) is 13.0 Å². The first-order chi connectivity index (χ1) is 7.47. The Morgan fingerprint density at radius 2 is 2.31 bits per heavy atom. The van der Waals surface area contributed by atoms with Crippen molar-refractivity contribution in [2.75, 3.05) is 7.11 Å². The van der Waals surface area contributed by atoms with Crippen LogP contribution in [0.15, 0.2) is 17.2 Å². The van der Waals surface area contributed by atoms with Gasteiger partial charge in [-0.15, -0.1) is 0 Å². The van der Waals surface area contributed by atoms with E-state index in [1.54, 1.807) is 0 Å². The molecule has 1 heterocycles. The Kier molecular flexibility index (Phi) is 3.33. The lowest BCUT2D eigenvalue weighted by Gasteiger charge is -2.10. The molecule has 0 aliphatic heterocycles. The Bertz CT molecular complexity index is 481. The van der Waals surface area contributed by atoms with E-state index in [-0.39, 0.29) is 5.69 Å². The Morgan fingerprint density at radius 3 is 2.81 bits per heavy atom. The summed E-state index contributed by atoms with van der Waals surface area (Å²) in [5.41, 5.74) is -1.11. The van der Waals surface area contributed by atoms with Crippen LogP contribution in [0.25, 0.3) is 0 Å². The Labute approximate surface area is 89.6 Å². The van der Waals surface area contributed by atoms with Gasteiger partial charge in [0.2, 0.25) is 0 Å². The zero-order chi connectivity index (χ0) is 12.3. The molecule has 16 heavy (non-hydrogen) atoms. The van der Waals surface area contributed by atoms with Gasteiger partial charge in [-0.3, -0.25) is 14.7 Å². The topological polar surface area (TPSA) is 104 Å². The quantitative estimate of drug-likeness (QED) is 0.405. The van der Waals surface area contributed by atoms with Crippen LogP contribution in [-0.2, 0) is 9.53 Å². The van der Waals surface area contributed by atoms with Crippen LogP contribution >= 0.6 is 0 Å². The van der Waals surface area contributed by atoms with E-state index in [0.29, 0.717) is 0 Å². The van der Waals surface area contributed by atoms with Crippen LogP contribution in [0.2, 0.25) is 0 Å². The number of nitro groups is 1. The molecule has 8 nitrogen and oxygen atoms in total.